The van der Waals surface area contributed by atoms with Crippen LogP contribution in [-0.2, 0) is 9.53 Å². The van der Waals surface area contributed by atoms with E-state index in [-0.39, 0.29) is 5.97 Å². The molecule has 4 nitrogen and oxygen atoms in total. The van der Waals surface area contributed by atoms with Crippen LogP contribution in [0.2, 0.25) is 0 Å². The van der Waals surface area contributed by atoms with Gasteiger partial charge in [-0.2, -0.15) is 0 Å². The molecule has 0 aliphatic heterocycles. The summed E-state index contributed by atoms with van der Waals surface area (Å²) in [5.41, 5.74) is 4.71. The van der Waals surface area contributed by atoms with Crippen LogP contribution >= 0.6 is 11.8 Å². The van der Waals surface area contributed by atoms with Crippen LogP contribution in [0.4, 0.5) is 0 Å². The number of hydrogen-bond donors (Lipinski definition) is 0. The molecule has 0 atom stereocenters. The van der Waals surface area contributed by atoms with E-state index >= 15 is 0 Å². The SMILES string of the molecule is CCOC(=O)/C(=C/c1ccc(C(C)C)cc1)CSc1nc(C)cc(C)n1. The van der Waals surface area contributed by atoms with Crippen molar-refractivity contribution < 1.29 is 9.53 Å². The highest BCUT2D eigenvalue weighted by atomic mass is 32.2. The third-order valence-electron chi connectivity index (χ3n) is 3.80. The Hall–Kier alpha value is -2.14. The van der Waals surface area contributed by atoms with Gasteiger partial charge in [0.2, 0.25) is 0 Å². The van der Waals surface area contributed by atoms with Crippen LogP contribution < -0.4 is 0 Å². The van der Waals surface area contributed by atoms with Crippen LogP contribution in [0.15, 0.2) is 41.1 Å². The smallest absolute Gasteiger partial charge is 0.334 e. The van der Waals surface area contributed by atoms with Crippen molar-refractivity contribution in [2.24, 2.45) is 0 Å². The van der Waals surface area contributed by atoms with E-state index in [2.05, 4.69) is 35.9 Å². The zero-order valence-corrected chi connectivity index (χ0v) is 16.9. The van der Waals surface area contributed by atoms with Gasteiger partial charge in [-0.1, -0.05) is 49.9 Å². The molecule has 1 aromatic carbocycles. The number of aromatic nitrogens is 2. The highest BCUT2D eigenvalue weighted by molar-refractivity contribution is 7.99. The second-order valence-electron chi connectivity index (χ2n) is 6.43. The van der Waals surface area contributed by atoms with Crippen molar-refractivity contribution in [1.29, 1.82) is 0 Å². The zero-order chi connectivity index (χ0) is 19.1. The number of carbonyl (C=O) groups is 1. The summed E-state index contributed by atoms with van der Waals surface area (Å²) in [6.07, 6.45) is 1.89. The lowest BCUT2D eigenvalue weighted by Gasteiger charge is -2.09. The molecular formula is C21H26N2O2S. The average molecular weight is 371 g/mol. The summed E-state index contributed by atoms with van der Waals surface area (Å²) in [7, 11) is 0. The molecule has 0 bridgehead atoms. The monoisotopic (exact) mass is 370 g/mol. The lowest BCUT2D eigenvalue weighted by molar-refractivity contribution is -0.138. The fourth-order valence-electron chi connectivity index (χ4n) is 2.46. The van der Waals surface area contributed by atoms with E-state index in [0.29, 0.717) is 29.0 Å². The van der Waals surface area contributed by atoms with Crippen molar-refractivity contribution in [1.82, 2.24) is 9.97 Å². The van der Waals surface area contributed by atoms with Crippen molar-refractivity contribution in [3.8, 4) is 0 Å². The molecule has 2 rings (SSSR count). The van der Waals surface area contributed by atoms with Crippen LogP contribution in [0, 0.1) is 13.8 Å². The molecule has 0 unspecified atom stereocenters. The summed E-state index contributed by atoms with van der Waals surface area (Å²) in [5, 5.41) is 0.674. The van der Waals surface area contributed by atoms with Gasteiger partial charge in [0.25, 0.3) is 0 Å². The van der Waals surface area contributed by atoms with Gasteiger partial charge in [-0.25, -0.2) is 14.8 Å². The lowest BCUT2D eigenvalue weighted by atomic mass is 10.0. The van der Waals surface area contributed by atoms with Gasteiger partial charge in [-0.15, -0.1) is 0 Å². The molecule has 0 spiro atoms. The van der Waals surface area contributed by atoms with Gasteiger partial charge in [0.1, 0.15) is 0 Å². The third-order valence-corrected chi connectivity index (χ3v) is 4.70. The van der Waals surface area contributed by atoms with E-state index in [1.807, 2.05) is 45.0 Å². The highest BCUT2D eigenvalue weighted by Crippen LogP contribution is 2.21. The molecule has 1 aromatic heterocycles. The van der Waals surface area contributed by atoms with Crippen molar-refractivity contribution in [2.45, 2.75) is 45.7 Å². The Bertz CT molecular complexity index is 763. The maximum absolute atomic E-state index is 12.3. The van der Waals surface area contributed by atoms with Crippen LogP contribution in [0.5, 0.6) is 0 Å². The molecule has 0 radical (unpaired) electrons. The molecule has 1 heterocycles. The first-order chi connectivity index (χ1) is 12.4. The Labute approximate surface area is 160 Å². The Morgan fingerprint density at radius 2 is 1.77 bits per heavy atom. The first kappa shape index (κ1) is 20.2. The van der Waals surface area contributed by atoms with E-state index < -0.39 is 0 Å². The summed E-state index contributed by atoms with van der Waals surface area (Å²) in [4.78, 5) is 21.2. The van der Waals surface area contributed by atoms with Gasteiger partial charge in [-0.3, -0.25) is 0 Å². The summed E-state index contributed by atoms with van der Waals surface area (Å²) >= 11 is 1.45. The summed E-state index contributed by atoms with van der Waals surface area (Å²) in [5.74, 6) is 0.653. The van der Waals surface area contributed by atoms with Gasteiger partial charge < -0.3 is 4.74 Å². The number of benzene rings is 1. The maximum Gasteiger partial charge on any atom is 0.334 e. The van der Waals surface area contributed by atoms with Crippen LogP contribution in [0.1, 0.15) is 49.2 Å². The average Bonchev–Trinajstić information content (AvgIpc) is 2.58. The summed E-state index contributed by atoms with van der Waals surface area (Å²) in [6.45, 7) is 10.4. The second kappa shape index (κ2) is 9.53. The Morgan fingerprint density at radius 1 is 1.15 bits per heavy atom. The Morgan fingerprint density at radius 3 is 2.31 bits per heavy atom. The molecule has 0 aliphatic carbocycles. The van der Waals surface area contributed by atoms with Crippen molar-refractivity contribution in [2.75, 3.05) is 12.4 Å². The highest BCUT2D eigenvalue weighted by Gasteiger charge is 2.13. The molecule has 26 heavy (non-hydrogen) atoms. The molecule has 0 amide bonds. The molecule has 0 saturated heterocycles. The molecular weight excluding hydrogens is 344 g/mol. The minimum Gasteiger partial charge on any atom is -0.463 e. The molecule has 0 aliphatic rings. The first-order valence-corrected chi connectivity index (χ1v) is 9.80. The van der Waals surface area contributed by atoms with E-state index in [1.54, 1.807) is 0 Å². The first-order valence-electron chi connectivity index (χ1n) is 8.81. The van der Waals surface area contributed by atoms with Gasteiger partial charge in [0.05, 0.1) is 6.61 Å². The molecule has 0 fully saturated rings. The zero-order valence-electron chi connectivity index (χ0n) is 16.1. The van der Waals surface area contributed by atoms with Crippen molar-refractivity contribution >= 4 is 23.8 Å². The van der Waals surface area contributed by atoms with E-state index in [9.17, 15) is 4.79 Å². The lowest BCUT2D eigenvalue weighted by Crippen LogP contribution is -2.10. The minimum atomic E-state index is -0.294. The predicted molar refractivity (Wildman–Crippen MR) is 107 cm³/mol. The molecule has 0 N–H and O–H groups in total. The largest absolute Gasteiger partial charge is 0.463 e. The fraction of sp³-hybridized carbons (Fsp3) is 0.381. The van der Waals surface area contributed by atoms with Crippen LogP contribution in [-0.4, -0.2) is 28.3 Å². The van der Waals surface area contributed by atoms with E-state index in [0.717, 1.165) is 17.0 Å². The standard InChI is InChI=1S/C21H26N2O2S/c1-6-25-20(24)19(12-17-7-9-18(10-8-17)14(2)3)13-26-21-22-15(4)11-16(5)23-21/h7-12,14H,6,13H2,1-5H3/b19-12+. The number of thioether (sulfide) groups is 1. The quantitative estimate of drug-likeness (QED) is 0.298. The molecule has 138 valence electrons. The normalized spacial score (nSPS) is 11.7. The molecule has 5 heteroatoms. The number of rotatable bonds is 7. The number of nitrogens with zero attached hydrogens (tertiary/aromatic N) is 2. The number of hydrogen-bond acceptors (Lipinski definition) is 5. The van der Waals surface area contributed by atoms with Crippen molar-refractivity contribution in [3.63, 3.8) is 0 Å². The number of ether oxygens (including phenoxy) is 1. The Kier molecular flexibility index (Phi) is 7.39. The van der Waals surface area contributed by atoms with E-state index in [1.165, 1.54) is 17.3 Å². The molecule has 0 saturated carbocycles. The topological polar surface area (TPSA) is 52.1 Å². The maximum atomic E-state index is 12.3. The van der Waals surface area contributed by atoms with Crippen molar-refractivity contribution in [3.05, 3.63) is 58.4 Å². The van der Waals surface area contributed by atoms with Gasteiger partial charge >= 0.3 is 5.97 Å². The predicted octanol–water partition coefficient (Wildman–Crippen LogP) is 4.96. The Balaban J connectivity index is 2.20. The fourth-order valence-corrected chi connectivity index (χ4v) is 3.36. The second-order valence-corrected chi connectivity index (χ2v) is 7.38. The number of aryl methyl sites for hydroxylation is 2. The van der Waals surface area contributed by atoms with Gasteiger partial charge in [-0.05, 0) is 50.0 Å². The van der Waals surface area contributed by atoms with E-state index in [4.69, 9.17) is 4.74 Å². The number of carbonyl (C=O) groups excluding carboxylic acids is 1. The summed E-state index contributed by atoms with van der Waals surface area (Å²) in [6, 6.07) is 10.2. The van der Waals surface area contributed by atoms with Gasteiger partial charge in [0, 0.05) is 22.7 Å². The van der Waals surface area contributed by atoms with Gasteiger partial charge in [0.15, 0.2) is 5.16 Å². The molecule has 2 aromatic rings. The van der Waals surface area contributed by atoms with Crippen LogP contribution in [0.25, 0.3) is 6.08 Å². The number of esters is 1. The third kappa shape index (κ3) is 5.99. The summed E-state index contributed by atoms with van der Waals surface area (Å²) < 4.78 is 5.21. The van der Waals surface area contributed by atoms with Crippen LogP contribution in [0.3, 0.4) is 0 Å². The minimum absolute atomic E-state index is 0.294.